The molecule has 1 heteroatoms. The van der Waals surface area contributed by atoms with Gasteiger partial charge in [0.2, 0.25) is 0 Å². The number of ketones is 1. The first-order valence-corrected chi connectivity index (χ1v) is 4.60. The fourth-order valence-corrected chi connectivity index (χ4v) is 0.834. The van der Waals surface area contributed by atoms with Gasteiger partial charge < -0.3 is 0 Å². The van der Waals surface area contributed by atoms with Crippen LogP contribution in [0, 0.1) is 0 Å². The highest BCUT2D eigenvalue weighted by Crippen LogP contribution is 1.97. The maximum absolute atomic E-state index is 10.5. The van der Waals surface area contributed by atoms with Gasteiger partial charge in [0.25, 0.3) is 0 Å². The Labute approximate surface area is 80.8 Å². The monoisotopic (exact) mass is 178 g/mol. The third-order valence-electron chi connectivity index (χ3n) is 1.46. The van der Waals surface area contributed by atoms with Gasteiger partial charge in [-0.15, -0.1) is 0 Å². The number of unbranched alkanes of at least 4 members (excludes halogenated alkanes) is 1. The lowest BCUT2D eigenvalue weighted by molar-refractivity contribution is -0.112. The molecule has 0 radical (unpaired) electrons. The summed E-state index contributed by atoms with van der Waals surface area (Å²) >= 11 is 0. The molecular formula is C12H18O. The molecule has 1 nitrogen and oxygen atoms in total. The van der Waals surface area contributed by atoms with E-state index in [1.165, 1.54) is 5.57 Å². The van der Waals surface area contributed by atoms with Crippen molar-refractivity contribution in [3.05, 3.63) is 36.0 Å². The molecule has 0 aliphatic heterocycles. The van der Waals surface area contributed by atoms with Gasteiger partial charge >= 0.3 is 0 Å². The second kappa shape index (κ2) is 7.53. The van der Waals surface area contributed by atoms with Gasteiger partial charge in [-0.1, -0.05) is 29.9 Å². The molecule has 0 saturated carbocycles. The molecule has 0 bridgehead atoms. The smallest absolute Gasteiger partial charge is 0.152 e. The van der Waals surface area contributed by atoms with Gasteiger partial charge in [-0.25, -0.2) is 0 Å². The van der Waals surface area contributed by atoms with Crippen molar-refractivity contribution in [3.63, 3.8) is 0 Å². The van der Waals surface area contributed by atoms with Gasteiger partial charge in [-0.3, -0.25) is 4.79 Å². The quantitative estimate of drug-likeness (QED) is 0.273. The molecule has 13 heavy (non-hydrogen) atoms. The summed E-state index contributed by atoms with van der Waals surface area (Å²) in [5.74, 6) is 0.0916. The topological polar surface area (TPSA) is 17.1 Å². The van der Waals surface area contributed by atoms with Crippen LogP contribution < -0.4 is 0 Å². The summed E-state index contributed by atoms with van der Waals surface area (Å²) in [6.07, 6.45) is 11.7. The molecule has 0 saturated heterocycles. The molecule has 0 aromatic heterocycles. The van der Waals surface area contributed by atoms with Crippen LogP contribution in [-0.4, -0.2) is 5.78 Å². The van der Waals surface area contributed by atoms with E-state index in [4.69, 9.17) is 0 Å². The summed E-state index contributed by atoms with van der Waals surface area (Å²) in [5.41, 5.74) is 1.35. The molecule has 0 atom stereocenters. The largest absolute Gasteiger partial charge is 0.295 e. The van der Waals surface area contributed by atoms with Crippen LogP contribution in [0.2, 0.25) is 0 Å². The summed E-state index contributed by atoms with van der Waals surface area (Å²) in [5, 5.41) is 0. The third-order valence-corrected chi connectivity index (χ3v) is 1.46. The van der Waals surface area contributed by atoms with Crippen molar-refractivity contribution in [2.75, 3.05) is 0 Å². The van der Waals surface area contributed by atoms with Crippen LogP contribution >= 0.6 is 0 Å². The molecule has 0 aromatic rings. The van der Waals surface area contributed by atoms with E-state index in [0.29, 0.717) is 0 Å². The SMILES string of the molecule is CC(=O)/C=C/C=C/CCC=C(C)C. The Morgan fingerprint density at radius 1 is 1.08 bits per heavy atom. The van der Waals surface area contributed by atoms with Gasteiger partial charge in [0.15, 0.2) is 5.78 Å². The van der Waals surface area contributed by atoms with Crippen molar-refractivity contribution >= 4 is 5.78 Å². The highest BCUT2D eigenvalue weighted by atomic mass is 16.1. The molecule has 0 amide bonds. The molecule has 0 fully saturated rings. The first-order chi connectivity index (χ1) is 6.13. The van der Waals surface area contributed by atoms with Crippen molar-refractivity contribution in [2.45, 2.75) is 33.6 Å². The van der Waals surface area contributed by atoms with E-state index in [1.54, 1.807) is 19.1 Å². The molecule has 0 aromatic carbocycles. The van der Waals surface area contributed by atoms with Crippen molar-refractivity contribution in [2.24, 2.45) is 0 Å². The number of carbonyl (C=O) groups excluding carboxylic acids is 1. The van der Waals surface area contributed by atoms with Crippen molar-refractivity contribution in [3.8, 4) is 0 Å². The molecule has 0 aliphatic rings. The normalized spacial score (nSPS) is 11.0. The molecule has 0 rings (SSSR count). The van der Waals surface area contributed by atoms with E-state index in [1.807, 2.05) is 6.08 Å². The first kappa shape index (κ1) is 11.9. The maximum atomic E-state index is 10.5. The Hall–Kier alpha value is -1.11. The Balaban J connectivity index is 3.54. The zero-order valence-electron chi connectivity index (χ0n) is 8.71. The Morgan fingerprint density at radius 3 is 2.31 bits per heavy atom. The van der Waals surface area contributed by atoms with Crippen molar-refractivity contribution < 1.29 is 4.79 Å². The number of hydrogen-bond acceptors (Lipinski definition) is 1. The Morgan fingerprint density at radius 2 is 1.77 bits per heavy atom. The van der Waals surface area contributed by atoms with Crippen LogP contribution in [-0.2, 0) is 4.79 Å². The molecule has 0 N–H and O–H groups in total. The summed E-state index contributed by atoms with van der Waals surface area (Å²) in [6.45, 7) is 5.74. The summed E-state index contributed by atoms with van der Waals surface area (Å²) in [4.78, 5) is 10.5. The molecule has 72 valence electrons. The van der Waals surface area contributed by atoms with Crippen LogP contribution in [0.25, 0.3) is 0 Å². The van der Waals surface area contributed by atoms with Gasteiger partial charge in [-0.2, -0.15) is 0 Å². The lowest BCUT2D eigenvalue weighted by Crippen LogP contribution is -1.77. The minimum Gasteiger partial charge on any atom is -0.295 e. The van der Waals surface area contributed by atoms with Gasteiger partial charge in [0, 0.05) is 0 Å². The summed E-state index contributed by atoms with van der Waals surface area (Å²) in [6, 6.07) is 0. The van der Waals surface area contributed by atoms with Crippen LogP contribution in [0.3, 0.4) is 0 Å². The van der Waals surface area contributed by atoms with E-state index in [0.717, 1.165) is 12.8 Å². The minimum atomic E-state index is 0.0916. The van der Waals surface area contributed by atoms with Crippen LogP contribution in [0.1, 0.15) is 33.6 Å². The standard InChI is InChI=1S/C12H18O/c1-11(2)9-7-5-4-6-8-10-12(3)13/h4,6,8-10H,5,7H2,1-3H3/b6-4+,10-8+. The zero-order chi connectivity index (χ0) is 10.1. The second-order valence-electron chi connectivity index (χ2n) is 3.26. The number of hydrogen-bond donors (Lipinski definition) is 0. The molecule has 0 aliphatic carbocycles. The average Bonchev–Trinajstić information content (AvgIpc) is 2.01. The van der Waals surface area contributed by atoms with E-state index < -0.39 is 0 Å². The molecular weight excluding hydrogens is 160 g/mol. The predicted molar refractivity (Wildman–Crippen MR) is 57.6 cm³/mol. The third kappa shape index (κ3) is 10.9. The van der Waals surface area contributed by atoms with Crippen LogP contribution in [0.5, 0.6) is 0 Å². The van der Waals surface area contributed by atoms with Crippen molar-refractivity contribution in [1.82, 2.24) is 0 Å². The van der Waals surface area contributed by atoms with Crippen LogP contribution in [0.15, 0.2) is 36.0 Å². The predicted octanol–water partition coefficient (Wildman–Crippen LogP) is 3.43. The Kier molecular flexibility index (Phi) is 6.89. The van der Waals surface area contributed by atoms with E-state index in [9.17, 15) is 4.79 Å². The number of rotatable bonds is 5. The van der Waals surface area contributed by atoms with Crippen LogP contribution in [0.4, 0.5) is 0 Å². The summed E-state index contributed by atoms with van der Waals surface area (Å²) < 4.78 is 0. The highest BCUT2D eigenvalue weighted by Gasteiger charge is 1.79. The second-order valence-corrected chi connectivity index (χ2v) is 3.26. The van der Waals surface area contributed by atoms with Crippen molar-refractivity contribution in [1.29, 1.82) is 0 Å². The van der Waals surface area contributed by atoms with E-state index >= 15 is 0 Å². The number of carbonyl (C=O) groups is 1. The van der Waals surface area contributed by atoms with Gasteiger partial charge in [-0.05, 0) is 39.7 Å². The molecule has 0 unspecified atom stereocenters. The first-order valence-electron chi connectivity index (χ1n) is 4.60. The lowest BCUT2D eigenvalue weighted by atomic mass is 10.2. The van der Waals surface area contributed by atoms with Gasteiger partial charge in [0.1, 0.15) is 0 Å². The lowest BCUT2D eigenvalue weighted by Gasteiger charge is -1.88. The van der Waals surface area contributed by atoms with E-state index in [-0.39, 0.29) is 5.78 Å². The minimum absolute atomic E-state index is 0.0916. The molecule has 0 heterocycles. The Bertz CT molecular complexity index is 228. The molecule has 0 spiro atoms. The fraction of sp³-hybridized carbons (Fsp3) is 0.417. The fourth-order valence-electron chi connectivity index (χ4n) is 0.834. The van der Waals surface area contributed by atoms with E-state index in [2.05, 4.69) is 26.0 Å². The maximum Gasteiger partial charge on any atom is 0.152 e. The number of allylic oxidation sites excluding steroid dienone is 6. The highest BCUT2D eigenvalue weighted by molar-refractivity contribution is 5.87. The summed E-state index contributed by atoms with van der Waals surface area (Å²) in [7, 11) is 0. The van der Waals surface area contributed by atoms with Gasteiger partial charge in [0.05, 0.1) is 0 Å². The average molecular weight is 178 g/mol. The zero-order valence-corrected chi connectivity index (χ0v) is 8.71.